The molecule has 2 N–H and O–H groups in total. The lowest BCUT2D eigenvalue weighted by atomic mass is 9.89. The average Bonchev–Trinajstić information content (AvgIpc) is 2.50. The van der Waals surface area contributed by atoms with Crippen molar-refractivity contribution < 1.29 is 9.59 Å². The highest BCUT2D eigenvalue weighted by Crippen LogP contribution is 2.27. The predicted molar refractivity (Wildman–Crippen MR) is 84.0 cm³/mol. The molecule has 0 radical (unpaired) electrons. The van der Waals surface area contributed by atoms with Crippen molar-refractivity contribution in [3.05, 3.63) is 29.8 Å². The van der Waals surface area contributed by atoms with E-state index in [-0.39, 0.29) is 23.8 Å². The minimum absolute atomic E-state index is 0.0315. The van der Waals surface area contributed by atoms with Gasteiger partial charge in [0.1, 0.15) is 0 Å². The average molecular weight is 288 g/mol. The largest absolute Gasteiger partial charge is 0.353 e. The molecule has 1 aromatic carbocycles. The lowest BCUT2D eigenvalue weighted by Gasteiger charge is -2.24. The fourth-order valence-electron chi connectivity index (χ4n) is 2.74. The number of rotatable bonds is 6. The van der Waals surface area contributed by atoms with Crippen LogP contribution >= 0.6 is 0 Å². The summed E-state index contributed by atoms with van der Waals surface area (Å²) >= 11 is 0. The van der Waals surface area contributed by atoms with Crippen LogP contribution < -0.4 is 10.6 Å². The Bertz CT molecular complexity index is 509. The highest BCUT2D eigenvalue weighted by atomic mass is 16.2. The number of anilines is 1. The Morgan fingerprint density at radius 3 is 2.76 bits per heavy atom. The maximum absolute atomic E-state index is 12.1. The zero-order valence-electron chi connectivity index (χ0n) is 12.8. The smallest absolute Gasteiger partial charge is 0.227 e. The monoisotopic (exact) mass is 288 g/mol. The Labute approximate surface area is 126 Å². The second-order valence-electron chi connectivity index (χ2n) is 5.67. The first-order valence-corrected chi connectivity index (χ1v) is 7.82. The van der Waals surface area contributed by atoms with Gasteiger partial charge in [-0.15, -0.1) is 0 Å². The standard InChI is InChI=1S/C17H24N2O2/c1-3-14(4-2)18-16(20)10-9-13-11-12-7-5-6-8-15(12)19-17(13)21/h5-8,13-14H,3-4,9-11H2,1-2H3,(H,18,20)(H,19,21). The van der Waals surface area contributed by atoms with Gasteiger partial charge in [-0.2, -0.15) is 0 Å². The lowest BCUT2D eigenvalue weighted by Crippen LogP contribution is -2.35. The molecule has 1 unspecified atom stereocenters. The van der Waals surface area contributed by atoms with Crippen LogP contribution in [0, 0.1) is 5.92 Å². The molecule has 114 valence electrons. The van der Waals surface area contributed by atoms with E-state index >= 15 is 0 Å². The van der Waals surface area contributed by atoms with E-state index in [1.807, 2.05) is 24.3 Å². The molecule has 0 fully saturated rings. The highest BCUT2D eigenvalue weighted by molar-refractivity contribution is 5.96. The minimum atomic E-state index is -0.104. The Kier molecular flexibility index (Phi) is 5.37. The number of benzene rings is 1. The third-order valence-corrected chi connectivity index (χ3v) is 4.18. The van der Waals surface area contributed by atoms with Gasteiger partial charge in [-0.05, 0) is 37.3 Å². The molecule has 0 aromatic heterocycles. The van der Waals surface area contributed by atoms with Gasteiger partial charge in [0, 0.05) is 24.1 Å². The van der Waals surface area contributed by atoms with Crippen LogP contribution in [0.1, 0.15) is 45.1 Å². The van der Waals surface area contributed by atoms with E-state index in [2.05, 4.69) is 24.5 Å². The Morgan fingerprint density at radius 1 is 1.33 bits per heavy atom. The quantitative estimate of drug-likeness (QED) is 0.845. The Morgan fingerprint density at radius 2 is 2.05 bits per heavy atom. The van der Waals surface area contributed by atoms with E-state index in [9.17, 15) is 9.59 Å². The van der Waals surface area contributed by atoms with E-state index in [0.29, 0.717) is 12.8 Å². The number of amides is 2. The van der Waals surface area contributed by atoms with E-state index in [1.165, 1.54) is 0 Å². The van der Waals surface area contributed by atoms with Crippen molar-refractivity contribution in [2.75, 3.05) is 5.32 Å². The summed E-state index contributed by atoms with van der Waals surface area (Å²) < 4.78 is 0. The maximum Gasteiger partial charge on any atom is 0.227 e. The van der Waals surface area contributed by atoms with Crippen LogP contribution in [0.5, 0.6) is 0 Å². The molecule has 4 nitrogen and oxygen atoms in total. The fraction of sp³-hybridized carbons (Fsp3) is 0.529. The van der Waals surface area contributed by atoms with Gasteiger partial charge in [0.15, 0.2) is 0 Å². The van der Waals surface area contributed by atoms with E-state index in [0.717, 1.165) is 30.5 Å². The molecule has 1 aromatic rings. The van der Waals surface area contributed by atoms with Gasteiger partial charge < -0.3 is 10.6 Å². The molecule has 2 amide bonds. The Balaban J connectivity index is 1.87. The van der Waals surface area contributed by atoms with Crippen molar-refractivity contribution in [3.63, 3.8) is 0 Å². The van der Waals surface area contributed by atoms with E-state index in [4.69, 9.17) is 0 Å². The number of hydrogen-bond donors (Lipinski definition) is 2. The topological polar surface area (TPSA) is 58.2 Å². The first-order valence-electron chi connectivity index (χ1n) is 7.82. The second-order valence-corrected chi connectivity index (χ2v) is 5.67. The van der Waals surface area contributed by atoms with Crippen LogP contribution in [0.15, 0.2) is 24.3 Å². The summed E-state index contributed by atoms with van der Waals surface area (Å²) in [6.45, 7) is 4.14. The molecule has 21 heavy (non-hydrogen) atoms. The third kappa shape index (κ3) is 4.06. The first kappa shape index (κ1) is 15.5. The van der Waals surface area contributed by atoms with Crippen molar-refractivity contribution >= 4 is 17.5 Å². The van der Waals surface area contributed by atoms with E-state index < -0.39 is 0 Å². The molecule has 2 rings (SSSR count). The number of hydrogen-bond acceptors (Lipinski definition) is 2. The lowest BCUT2D eigenvalue weighted by molar-refractivity contribution is -0.123. The van der Waals surface area contributed by atoms with Crippen molar-refractivity contribution in [3.8, 4) is 0 Å². The normalized spacial score (nSPS) is 17.3. The number of nitrogens with one attached hydrogen (secondary N) is 2. The van der Waals surface area contributed by atoms with Crippen molar-refractivity contribution in [1.82, 2.24) is 5.32 Å². The second kappa shape index (κ2) is 7.25. The van der Waals surface area contributed by atoms with Crippen LogP contribution in [0.3, 0.4) is 0 Å². The summed E-state index contributed by atoms with van der Waals surface area (Å²) in [7, 11) is 0. The maximum atomic E-state index is 12.1. The van der Waals surface area contributed by atoms with Gasteiger partial charge in [-0.1, -0.05) is 32.0 Å². The summed E-state index contributed by atoms with van der Waals surface area (Å²) in [6, 6.07) is 8.10. The van der Waals surface area contributed by atoms with Gasteiger partial charge in [0.25, 0.3) is 0 Å². The zero-order valence-corrected chi connectivity index (χ0v) is 12.8. The van der Waals surface area contributed by atoms with Gasteiger partial charge in [-0.25, -0.2) is 0 Å². The van der Waals surface area contributed by atoms with Crippen LogP contribution in [-0.2, 0) is 16.0 Å². The van der Waals surface area contributed by atoms with Crippen molar-refractivity contribution in [2.24, 2.45) is 5.92 Å². The molecular weight excluding hydrogens is 264 g/mol. The van der Waals surface area contributed by atoms with Crippen LogP contribution in [0.4, 0.5) is 5.69 Å². The first-order chi connectivity index (χ1) is 10.1. The molecule has 0 bridgehead atoms. The predicted octanol–water partition coefficient (Wildman–Crippen LogP) is 2.88. The van der Waals surface area contributed by atoms with Crippen LogP contribution in [0.2, 0.25) is 0 Å². The minimum Gasteiger partial charge on any atom is -0.353 e. The number of para-hydroxylation sites is 1. The molecule has 1 aliphatic rings. The molecule has 4 heteroatoms. The van der Waals surface area contributed by atoms with Gasteiger partial charge in [-0.3, -0.25) is 9.59 Å². The third-order valence-electron chi connectivity index (χ3n) is 4.18. The van der Waals surface area contributed by atoms with Crippen LogP contribution in [0.25, 0.3) is 0 Å². The molecule has 0 saturated carbocycles. The van der Waals surface area contributed by atoms with Crippen molar-refractivity contribution in [2.45, 2.75) is 52.0 Å². The molecule has 1 atom stereocenters. The number of carbonyl (C=O) groups is 2. The highest BCUT2D eigenvalue weighted by Gasteiger charge is 2.26. The Hall–Kier alpha value is -1.84. The molecule has 1 heterocycles. The van der Waals surface area contributed by atoms with Crippen molar-refractivity contribution in [1.29, 1.82) is 0 Å². The molecule has 0 saturated heterocycles. The summed E-state index contributed by atoms with van der Waals surface area (Å²) in [5.41, 5.74) is 2.06. The number of carbonyl (C=O) groups excluding carboxylic acids is 2. The summed E-state index contributed by atoms with van der Waals surface area (Å²) in [4.78, 5) is 24.0. The summed E-state index contributed by atoms with van der Waals surface area (Å²) in [5, 5.41) is 5.95. The fourth-order valence-corrected chi connectivity index (χ4v) is 2.74. The molecular formula is C17H24N2O2. The van der Waals surface area contributed by atoms with Gasteiger partial charge >= 0.3 is 0 Å². The zero-order chi connectivity index (χ0) is 15.2. The molecule has 0 spiro atoms. The van der Waals surface area contributed by atoms with E-state index in [1.54, 1.807) is 0 Å². The van der Waals surface area contributed by atoms with Gasteiger partial charge in [0.2, 0.25) is 11.8 Å². The number of fused-ring (bicyclic) bond motifs is 1. The summed E-state index contributed by atoms with van der Waals surface area (Å²) in [6.07, 6.45) is 3.63. The molecule has 0 aliphatic carbocycles. The molecule has 1 aliphatic heterocycles. The summed E-state index contributed by atoms with van der Waals surface area (Å²) in [5.74, 6) is -0.0215. The SMILES string of the molecule is CCC(CC)NC(=O)CCC1Cc2ccccc2NC1=O. The van der Waals surface area contributed by atoms with Crippen LogP contribution in [-0.4, -0.2) is 17.9 Å². The van der Waals surface area contributed by atoms with Gasteiger partial charge in [0.05, 0.1) is 0 Å².